The standard InChI is InChI=1S/C22H19F3N2O4/c1-21(2)12-27(11-13-3-5-14(6-4-13)20(29)30)19(28)18(21)31-16-8-7-15(10-26)17(9-16)22(23,24)25/h3-9,18H,11-12H2,1-2H3,(H,29,30). The number of hydrogen-bond acceptors (Lipinski definition) is 4. The predicted octanol–water partition coefficient (Wildman–Crippen LogP) is 4.09. The molecule has 0 spiro atoms. The van der Waals surface area contributed by atoms with Gasteiger partial charge in [-0.2, -0.15) is 18.4 Å². The van der Waals surface area contributed by atoms with Gasteiger partial charge in [0.2, 0.25) is 0 Å². The Morgan fingerprint density at radius 3 is 2.45 bits per heavy atom. The minimum absolute atomic E-state index is 0.124. The minimum atomic E-state index is -4.73. The number of nitrogens with zero attached hydrogens (tertiary/aromatic N) is 2. The van der Waals surface area contributed by atoms with Crippen LogP contribution in [0.5, 0.6) is 5.75 Å². The molecule has 1 N–H and O–H groups in total. The second kappa shape index (κ2) is 7.95. The van der Waals surface area contributed by atoms with Crippen molar-refractivity contribution in [1.82, 2.24) is 4.90 Å². The molecule has 6 nitrogen and oxygen atoms in total. The fourth-order valence-corrected chi connectivity index (χ4v) is 3.53. The van der Waals surface area contributed by atoms with Gasteiger partial charge < -0.3 is 14.7 Å². The van der Waals surface area contributed by atoms with Gasteiger partial charge in [0.15, 0.2) is 6.10 Å². The number of ether oxygens (including phenoxy) is 1. The Morgan fingerprint density at radius 2 is 1.90 bits per heavy atom. The molecular weight excluding hydrogens is 413 g/mol. The van der Waals surface area contributed by atoms with Crippen molar-refractivity contribution in [3.8, 4) is 11.8 Å². The summed E-state index contributed by atoms with van der Waals surface area (Å²) in [6.07, 6.45) is -5.74. The molecule has 0 radical (unpaired) electrons. The molecule has 1 aliphatic rings. The molecule has 9 heteroatoms. The zero-order valence-electron chi connectivity index (χ0n) is 16.7. The summed E-state index contributed by atoms with van der Waals surface area (Å²) < 4.78 is 45.3. The summed E-state index contributed by atoms with van der Waals surface area (Å²) in [5.74, 6) is -1.59. The number of aromatic carboxylic acids is 1. The SMILES string of the molecule is CC1(C)CN(Cc2ccc(C(=O)O)cc2)C(=O)C1Oc1ccc(C#N)c(C(F)(F)F)c1. The Balaban J connectivity index is 1.80. The zero-order valence-corrected chi connectivity index (χ0v) is 16.7. The number of carbonyl (C=O) groups is 2. The number of nitriles is 1. The van der Waals surface area contributed by atoms with E-state index in [0.29, 0.717) is 12.1 Å². The van der Waals surface area contributed by atoms with E-state index in [1.807, 2.05) is 0 Å². The Morgan fingerprint density at radius 1 is 1.26 bits per heavy atom. The van der Waals surface area contributed by atoms with Crippen LogP contribution in [0.1, 0.15) is 40.9 Å². The van der Waals surface area contributed by atoms with E-state index < -0.39 is 34.8 Å². The van der Waals surface area contributed by atoms with E-state index in [1.54, 1.807) is 26.0 Å². The number of rotatable bonds is 5. The topological polar surface area (TPSA) is 90.6 Å². The van der Waals surface area contributed by atoms with Crippen LogP contribution >= 0.6 is 0 Å². The molecule has 0 aromatic heterocycles. The molecule has 3 rings (SSSR count). The minimum Gasteiger partial charge on any atom is -0.480 e. The fourth-order valence-electron chi connectivity index (χ4n) is 3.53. The van der Waals surface area contributed by atoms with Crippen molar-refractivity contribution in [2.24, 2.45) is 5.41 Å². The molecule has 1 fully saturated rings. The summed E-state index contributed by atoms with van der Waals surface area (Å²) in [6.45, 7) is 4.07. The first-order valence-electron chi connectivity index (χ1n) is 9.31. The molecule has 1 unspecified atom stereocenters. The van der Waals surface area contributed by atoms with Crippen LogP contribution in [0.25, 0.3) is 0 Å². The molecule has 0 aliphatic carbocycles. The van der Waals surface area contributed by atoms with E-state index >= 15 is 0 Å². The number of hydrogen-bond donors (Lipinski definition) is 1. The lowest BCUT2D eigenvalue weighted by Crippen LogP contribution is -2.36. The summed E-state index contributed by atoms with van der Waals surface area (Å²) in [4.78, 5) is 25.4. The van der Waals surface area contributed by atoms with Gasteiger partial charge in [-0.1, -0.05) is 26.0 Å². The van der Waals surface area contributed by atoms with Crippen LogP contribution in [0.3, 0.4) is 0 Å². The molecule has 162 valence electrons. The highest BCUT2D eigenvalue weighted by atomic mass is 19.4. The quantitative estimate of drug-likeness (QED) is 0.769. The fraction of sp³-hybridized carbons (Fsp3) is 0.318. The number of amides is 1. The van der Waals surface area contributed by atoms with E-state index in [9.17, 15) is 22.8 Å². The van der Waals surface area contributed by atoms with E-state index in [-0.39, 0.29) is 23.8 Å². The van der Waals surface area contributed by atoms with Gasteiger partial charge >= 0.3 is 12.1 Å². The number of carboxylic acids is 1. The van der Waals surface area contributed by atoms with Crippen molar-refractivity contribution >= 4 is 11.9 Å². The van der Waals surface area contributed by atoms with Crippen molar-refractivity contribution in [2.45, 2.75) is 32.7 Å². The number of likely N-dealkylation sites (tertiary alicyclic amines) is 1. The Labute approximate surface area is 176 Å². The number of halogens is 3. The van der Waals surface area contributed by atoms with Crippen LogP contribution in [-0.2, 0) is 17.5 Å². The lowest BCUT2D eigenvalue weighted by molar-refractivity contribution is -0.138. The molecule has 2 aromatic rings. The summed E-state index contributed by atoms with van der Waals surface area (Å²) in [6, 6.07) is 10.6. The molecule has 31 heavy (non-hydrogen) atoms. The molecule has 2 aromatic carbocycles. The van der Waals surface area contributed by atoms with Gasteiger partial charge in [0.05, 0.1) is 22.8 Å². The molecule has 0 bridgehead atoms. The van der Waals surface area contributed by atoms with Crippen LogP contribution in [0.15, 0.2) is 42.5 Å². The lowest BCUT2D eigenvalue weighted by Gasteiger charge is -2.24. The van der Waals surface area contributed by atoms with Crippen molar-refractivity contribution in [3.05, 3.63) is 64.7 Å². The lowest BCUT2D eigenvalue weighted by atomic mass is 9.89. The highest BCUT2D eigenvalue weighted by molar-refractivity contribution is 5.87. The monoisotopic (exact) mass is 432 g/mol. The summed E-state index contributed by atoms with van der Waals surface area (Å²) >= 11 is 0. The smallest absolute Gasteiger partial charge is 0.417 e. The third-order valence-corrected chi connectivity index (χ3v) is 5.09. The van der Waals surface area contributed by atoms with Gasteiger partial charge in [-0.15, -0.1) is 0 Å². The summed E-state index contributed by atoms with van der Waals surface area (Å²) in [5.41, 5.74) is -1.49. The first-order chi connectivity index (χ1) is 14.4. The molecule has 1 aliphatic heterocycles. The maximum absolute atomic E-state index is 13.2. The highest BCUT2D eigenvalue weighted by Gasteiger charge is 2.48. The Hall–Kier alpha value is -3.54. The van der Waals surface area contributed by atoms with Gasteiger partial charge in [-0.05, 0) is 35.9 Å². The van der Waals surface area contributed by atoms with Gasteiger partial charge in [-0.3, -0.25) is 4.79 Å². The van der Waals surface area contributed by atoms with E-state index in [4.69, 9.17) is 15.1 Å². The summed E-state index contributed by atoms with van der Waals surface area (Å²) in [5, 5.41) is 17.9. The predicted molar refractivity (Wildman–Crippen MR) is 103 cm³/mol. The Bertz CT molecular complexity index is 1060. The third-order valence-electron chi connectivity index (χ3n) is 5.09. The second-order valence-corrected chi connectivity index (χ2v) is 8.00. The third kappa shape index (κ3) is 4.63. The zero-order chi connectivity index (χ0) is 23.0. The number of carbonyl (C=O) groups excluding carboxylic acids is 1. The molecule has 1 saturated heterocycles. The first kappa shape index (κ1) is 22.2. The largest absolute Gasteiger partial charge is 0.480 e. The van der Waals surface area contributed by atoms with Gasteiger partial charge in [0.1, 0.15) is 5.75 Å². The molecule has 1 atom stereocenters. The average molecular weight is 432 g/mol. The van der Waals surface area contributed by atoms with Gasteiger partial charge in [-0.25, -0.2) is 4.79 Å². The van der Waals surface area contributed by atoms with Crippen LogP contribution in [-0.4, -0.2) is 34.5 Å². The second-order valence-electron chi connectivity index (χ2n) is 8.00. The first-order valence-corrected chi connectivity index (χ1v) is 9.31. The summed E-state index contributed by atoms with van der Waals surface area (Å²) in [7, 11) is 0. The average Bonchev–Trinajstić information content (AvgIpc) is 2.90. The normalized spacial score (nSPS) is 18.0. The molecular formula is C22H19F3N2O4. The van der Waals surface area contributed by atoms with Crippen LogP contribution in [0.4, 0.5) is 13.2 Å². The van der Waals surface area contributed by atoms with Crippen LogP contribution < -0.4 is 4.74 Å². The van der Waals surface area contributed by atoms with Crippen molar-refractivity contribution in [2.75, 3.05) is 6.54 Å². The van der Waals surface area contributed by atoms with Crippen molar-refractivity contribution in [1.29, 1.82) is 5.26 Å². The maximum atomic E-state index is 13.2. The number of alkyl halides is 3. The van der Waals surface area contributed by atoms with E-state index in [0.717, 1.165) is 12.1 Å². The van der Waals surface area contributed by atoms with Gasteiger partial charge in [0.25, 0.3) is 5.91 Å². The van der Waals surface area contributed by atoms with E-state index in [2.05, 4.69) is 0 Å². The maximum Gasteiger partial charge on any atom is 0.417 e. The number of carboxylic acid groups (broad SMARTS) is 1. The number of benzene rings is 2. The molecule has 1 heterocycles. The van der Waals surface area contributed by atoms with Crippen molar-refractivity contribution < 1.29 is 32.6 Å². The molecule has 0 saturated carbocycles. The molecule has 1 amide bonds. The highest BCUT2D eigenvalue weighted by Crippen LogP contribution is 2.38. The van der Waals surface area contributed by atoms with Crippen LogP contribution in [0.2, 0.25) is 0 Å². The van der Waals surface area contributed by atoms with Gasteiger partial charge in [0, 0.05) is 18.5 Å². The van der Waals surface area contributed by atoms with Crippen molar-refractivity contribution in [3.63, 3.8) is 0 Å². The Kier molecular flexibility index (Phi) is 5.68. The van der Waals surface area contributed by atoms with E-state index in [1.165, 1.54) is 29.2 Å². The van der Waals surface area contributed by atoms with Crippen LogP contribution in [0, 0.1) is 16.7 Å².